The summed E-state index contributed by atoms with van der Waals surface area (Å²) in [6, 6.07) is 15.3. The number of aromatic hydroxyl groups is 2. The van der Waals surface area contributed by atoms with Crippen LogP contribution >= 0.6 is 0 Å². The minimum absolute atomic E-state index is 0.0619. The number of nitrogens with one attached hydrogen (secondary N) is 1. The highest BCUT2D eigenvalue weighted by Crippen LogP contribution is 2.42. The van der Waals surface area contributed by atoms with Gasteiger partial charge in [-0.3, -0.25) is 9.78 Å². The molecule has 9 heteroatoms. The van der Waals surface area contributed by atoms with Gasteiger partial charge in [0.25, 0.3) is 5.91 Å². The number of rotatable bonds is 6. The summed E-state index contributed by atoms with van der Waals surface area (Å²) in [5, 5.41) is 34.7. The SMILES string of the molecule is O=C(O)c1cccc(CNC(=O)c2c3cccnc3c(O)c3c(O)n(Cc4ccc(F)cc4)cc23)c1. The van der Waals surface area contributed by atoms with E-state index in [-0.39, 0.29) is 52.6 Å². The predicted molar refractivity (Wildman–Crippen MR) is 131 cm³/mol. The second-order valence-electron chi connectivity index (χ2n) is 8.31. The third-order valence-corrected chi connectivity index (χ3v) is 5.98. The number of fused-ring (bicyclic) bond motifs is 2. The number of aromatic carboxylic acids is 1. The molecule has 4 N–H and O–H groups in total. The summed E-state index contributed by atoms with van der Waals surface area (Å²) in [6.45, 7) is 0.236. The maximum Gasteiger partial charge on any atom is 0.335 e. The predicted octanol–water partition coefficient (Wildman–Crippen LogP) is 4.42. The van der Waals surface area contributed by atoms with E-state index in [9.17, 15) is 29.3 Å². The molecule has 0 atom stereocenters. The van der Waals surface area contributed by atoms with Crippen molar-refractivity contribution >= 4 is 33.6 Å². The van der Waals surface area contributed by atoms with Gasteiger partial charge in [-0.1, -0.05) is 30.3 Å². The first-order chi connectivity index (χ1) is 17.3. The number of phenols is 1. The van der Waals surface area contributed by atoms with Gasteiger partial charge in [0.2, 0.25) is 5.88 Å². The summed E-state index contributed by atoms with van der Waals surface area (Å²) in [7, 11) is 0. The number of carboxylic acid groups (broad SMARTS) is 1. The van der Waals surface area contributed by atoms with Crippen LogP contribution in [-0.2, 0) is 13.1 Å². The van der Waals surface area contributed by atoms with Gasteiger partial charge in [-0.25, -0.2) is 9.18 Å². The molecule has 0 aliphatic rings. The van der Waals surface area contributed by atoms with Crippen LogP contribution in [0.3, 0.4) is 0 Å². The highest BCUT2D eigenvalue weighted by atomic mass is 19.1. The third-order valence-electron chi connectivity index (χ3n) is 5.98. The number of carboxylic acids is 1. The topological polar surface area (TPSA) is 125 Å². The van der Waals surface area contributed by atoms with Crippen molar-refractivity contribution in [3.63, 3.8) is 0 Å². The molecule has 0 unspecified atom stereocenters. The van der Waals surface area contributed by atoms with Crippen molar-refractivity contribution < 1.29 is 29.3 Å². The third kappa shape index (κ3) is 4.07. The molecule has 2 aromatic heterocycles. The Morgan fingerprint density at radius 2 is 1.75 bits per heavy atom. The number of phenolic OH excluding ortho intramolecular Hbond substituents is 1. The molecule has 0 aliphatic carbocycles. The molecule has 0 saturated carbocycles. The van der Waals surface area contributed by atoms with Crippen molar-refractivity contribution in [2.24, 2.45) is 0 Å². The molecular formula is C27H20FN3O5. The molecule has 0 bridgehead atoms. The molecule has 8 nitrogen and oxygen atoms in total. The van der Waals surface area contributed by atoms with Gasteiger partial charge in [-0.15, -0.1) is 0 Å². The van der Waals surface area contributed by atoms with Crippen molar-refractivity contribution in [3.05, 3.63) is 101 Å². The van der Waals surface area contributed by atoms with Gasteiger partial charge in [0.05, 0.1) is 23.1 Å². The molecule has 0 saturated heterocycles. The molecule has 180 valence electrons. The van der Waals surface area contributed by atoms with Gasteiger partial charge in [-0.2, -0.15) is 0 Å². The van der Waals surface area contributed by atoms with Gasteiger partial charge in [-0.05, 0) is 41.5 Å². The summed E-state index contributed by atoms with van der Waals surface area (Å²) in [4.78, 5) is 28.9. The Bertz CT molecular complexity index is 1640. The molecular weight excluding hydrogens is 465 g/mol. The number of hydrogen-bond donors (Lipinski definition) is 4. The van der Waals surface area contributed by atoms with E-state index in [0.717, 1.165) is 0 Å². The van der Waals surface area contributed by atoms with Crippen LogP contribution < -0.4 is 5.32 Å². The summed E-state index contributed by atoms with van der Waals surface area (Å²) < 4.78 is 14.8. The van der Waals surface area contributed by atoms with Crippen molar-refractivity contribution in [1.29, 1.82) is 0 Å². The average molecular weight is 485 g/mol. The monoisotopic (exact) mass is 485 g/mol. The second kappa shape index (κ2) is 9.03. The second-order valence-corrected chi connectivity index (χ2v) is 8.31. The van der Waals surface area contributed by atoms with Crippen molar-refractivity contribution in [3.8, 4) is 11.6 Å². The minimum Gasteiger partial charge on any atom is -0.505 e. The Kier molecular flexibility index (Phi) is 5.73. The maximum absolute atomic E-state index is 13.4. The maximum atomic E-state index is 13.4. The first-order valence-electron chi connectivity index (χ1n) is 11.0. The van der Waals surface area contributed by atoms with E-state index < -0.39 is 11.9 Å². The van der Waals surface area contributed by atoms with Gasteiger partial charge in [0, 0.05) is 29.7 Å². The summed E-state index contributed by atoms with van der Waals surface area (Å²) in [5.74, 6) is -2.47. The number of halogens is 1. The van der Waals surface area contributed by atoms with E-state index in [0.29, 0.717) is 21.9 Å². The number of carbonyl (C=O) groups is 2. The molecule has 36 heavy (non-hydrogen) atoms. The zero-order valence-corrected chi connectivity index (χ0v) is 18.8. The molecule has 3 aromatic carbocycles. The van der Waals surface area contributed by atoms with Crippen molar-refractivity contribution in [2.45, 2.75) is 13.1 Å². The lowest BCUT2D eigenvalue weighted by Crippen LogP contribution is -2.23. The van der Waals surface area contributed by atoms with E-state index in [1.165, 1.54) is 35.0 Å². The van der Waals surface area contributed by atoms with Crippen LogP contribution in [-0.4, -0.2) is 36.7 Å². The van der Waals surface area contributed by atoms with E-state index >= 15 is 0 Å². The summed E-state index contributed by atoms with van der Waals surface area (Å²) in [6.07, 6.45) is 3.03. The fourth-order valence-electron chi connectivity index (χ4n) is 4.26. The lowest BCUT2D eigenvalue weighted by atomic mass is 10.0. The van der Waals surface area contributed by atoms with Crippen molar-refractivity contribution in [1.82, 2.24) is 14.9 Å². The zero-order valence-electron chi connectivity index (χ0n) is 18.8. The lowest BCUT2D eigenvalue weighted by Gasteiger charge is -2.11. The van der Waals surface area contributed by atoms with Gasteiger partial charge < -0.3 is 25.2 Å². The quantitative estimate of drug-likeness (QED) is 0.282. The Morgan fingerprint density at radius 1 is 0.972 bits per heavy atom. The molecule has 5 aromatic rings. The van der Waals surface area contributed by atoms with E-state index in [1.54, 1.807) is 42.6 Å². The zero-order chi connectivity index (χ0) is 25.4. The van der Waals surface area contributed by atoms with Crippen LogP contribution in [0, 0.1) is 5.82 Å². The number of hydrogen-bond acceptors (Lipinski definition) is 5. The van der Waals surface area contributed by atoms with Crippen LogP contribution in [0.1, 0.15) is 31.8 Å². The number of amides is 1. The average Bonchev–Trinajstić information content (AvgIpc) is 3.20. The molecule has 0 radical (unpaired) electrons. The van der Waals surface area contributed by atoms with Crippen LogP contribution in [0.4, 0.5) is 4.39 Å². The van der Waals surface area contributed by atoms with E-state index in [4.69, 9.17) is 0 Å². The molecule has 2 heterocycles. The Morgan fingerprint density at radius 3 is 2.50 bits per heavy atom. The van der Waals surface area contributed by atoms with Crippen LogP contribution in [0.15, 0.2) is 73.1 Å². The van der Waals surface area contributed by atoms with Crippen molar-refractivity contribution in [2.75, 3.05) is 0 Å². The summed E-state index contributed by atoms with van der Waals surface area (Å²) >= 11 is 0. The molecule has 5 rings (SSSR count). The summed E-state index contributed by atoms with van der Waals surface area (Å²) in [5.41, 5.74) is 1.76. The number of nitrogens with zero attached hydrogens (tertiary/aromatic N) is 2. The highest BCUT2D eigenvalue weighted by molar-refractivity contribution is 6.21. The number of aromatic nitrogens is 2. The Balaban J connectivity index is 1.58. The van der Waals surface area contributed by atoms with E-state index in [2.05, 4.69) is 10.3 Å². The van der Waals surface area contributed by atoms with Gasteiger partial charge >= 0.3 is 5.97 Å². The first kappa shape index (κ1) is 22.9. The highest BCUT2D eigenvalue weighted by Gasteiger charge is 2.24. The van der Waals surface area contributed by atoms with Gasteiger partial charge in [0.15, 0.2) is 5.75 Å². The number of benzene rings is 3. The first-order valence-corrected chi connectivity index (χ1v) is 11.0. The Hall–Kier alpha value is -4.92. The fourth-order valence-corrected chi connectivity index (χ4v) is 4.26. The largest absolute Gasteiger partial charge is 0.505 e. The smallest absolute Gasteiger partial charge is 0.335 e. The van der Waals surface area contributed by atoms with Crippen LogP contribution in [0.25, 0.3) is 21.7 Å². The van der Waals surface area contributed by atoms with Crippen LogP contribution in [0.5, 0.6) is 11.6 Å². The Labute approximate surface area is 203 Å². The molecule has 0 fully saturated rings. The lowest BCUT2D eigenvalue weighted by molar-refractivity contribution is 0.0696. The molecule has 1 amide bonds. The van der Waals surface area contributed by atoms with E-state index in [1.807, 2.05) is 0 Å². The van der Waals surface area contributed by atoms with Crippen LogP contribution in [0.2, 0.25) is 0 Å². The molecule has 0 spiro atoms. The minimum atomic E-state index is -1.07. The standard InChI is InChI=1S/C27H20FN3O5/c28-18-8-6-15(7-9-18)13-31-14-20-21(19-5-2-10-29-23(19)24(32)22(20)26(31)34)25(33)30-12-16-3-1-4-17(11-16)27(35)36/h1-11,14,32,34H,12-13H2,(H,30,33)(H,35,36). The fraction of sp³-hybridized carbons (Fsp3) is 0.0741. The normalized spacial score (nSPS) is 11.1. The number of carbonyl (C=O) groups excluding carboxylic acids is 1. The van der Waals surface area contributed by atoms with Gasteiger partial charge in [0.1, 0.15) is 11.3 Å². The number of pyridine rings is 1. The molecule has 0 aliphatic heterocycles.